The SMILES string of the molecule is Cc1cc(-c2ccc(F)cc2)ncc1F. The summed E-state index contributed by atoms with van der Waals surface area (Å²) in [5.74, 6) is -0.626. The Bertz CT molecular complexity index is 477. The van der Waals surface area contributed by atoms with Crippen molar-refractivity contribution >= 4 is 0 Å². The normalized spacial score (nSPS) is 10.3. The monoisotopic (exact) mass is 205 g/mol. The maximum atomic E-state index is 13.0. The minimum absolute atomic E-state index is 0.294. The predicted octanol–water partition coefficient (Wildman–Crippen LogP) is 3.34. The molecule has 0 amide bonds. The maximum Gasteiger partial charge on any atom is 0.144 e. The fourth-order valence-corrected chi connectivity index (χ4v) is 1.32. The zero-order valence-corrected chi connectivity index (χ0v) is 8.17. The summed E-state index contributed by atoms with van der Waals surface area (Å²) in [5.41, 5.74) is 1.96. The van der Waals surface area contributed by atoms with E-state index >= 15 is 0 Å². The van der Waals surface area contributed by atoms with Gasteiger partial charge in [0.15, 0.2) is 0 Å². The van der Waals surface area contributed by atoms with Crippen LogP contribution in [0, 0.1) is 18.6 Å². The van der Waals surface area contributed by atoms with E-state index in [9.17, 15) is 8.78 Å². The maximum absolute atomic E-state index is 13.0. The first-order valence-corrected chi connectivity index (χ1v) is 4.55. The average molecular weight is 205 g/mol. The van der Waals surface area contributed by atoms with E-state index in [2.05, 4.69) is 4.98 Å². The number of aromatic nitrogens is 1. The number of pyridine rings is 1. The van der Waals surface area contributed by atoms with E-state index in [1.165, 1.54) is 18.3 Å². The van der Waals surface area contributed by atoms with E-state index in [1.54, 1.807) is 25.1 Å². The van der Waals surface area contributed by atoms with E-state index in [-0.39, 0.29) is 11.6 Å². The Balaban J connectivity index is 2.45. The van der Waals surface area contributed by atoms with E-state index in [0.29, 0.717) is 11.3 Å². The lowest BCUT2D eigenvalue weighted by Crippen LogP contribution is -1.89. The summed E-state index contributed by atoms with van der Waals surface area (Å²) in [6, 6.07) is 7.60. The van der Waals surface area contributed by atoms with Crippen LogP contribution in [-0.2, 0) is 0 Å². The number of halogens is 2. The van der Waals surface area contributed by atoms with Gasteiger partial charge in [0, 0.05) is 5.56 Å². The molecule has 0 aliphatic carbocycles. The van der Waals surface area contributed by atoms with Crippen LogP contribution >= 0.6 is 0 Å². The van der Waals surface area contributed by atoms with Crippen LogP contribution in [0.25, 0.3) is 11.3 Å². The number of benzene rings is 1. The second-order valence-corrected chi connectivity index (χ2v) is 3.33. The molecule has 1 aromatic heterocycles. The minimum atomic E-state index is -0.333. The molecule has 0 atom stereocenters. The molecular formula is C12H9F2N. The fourth-order valence-electron chi connectivity index (χ4n) is 1.32. The Morgan fingerprint density at radius 1 is 1.07 bits per heavy atom. The molecule has 1 heterocycles. The Labute approximate surface area is 86.4 Å². The molecule has 0 aliphatic rings. The number of aryl methyl sites for hydroxylation is 1. The lowest BCUT2D eigenvalue weighted by Gasteiger charge is -2.02. The highest BCUT2D eigenvalue weighted by molar-refractivity contribution is 5.59. The van der Waals surface area contributed by atoms with Gasteiger partial charge in [0.2, 0.25) is 0 Å². The van der Waals surface area contributed by atoms with E-state index in [1.807, 2.05) is 0 Å². The van der Waals surface area contributed by atoms with Crippen LogP contribution < -0.4 is 0 Å². The molecular weight excluding hydrogens is 196 g/mol. The minimum Gasteiger partial charge on any atom is -0.253 e. The summed E-state index contributed by atoms with van der Waals surface area (Å²) in [7, 11) is 0. The third-order valence-electron chi connectivity index (χ3n) is 2.19. The third-order valence-corrected chi connectivity index (χ3v) is 2.19. The second kappa shape index (κ2) is 3.77. The first kappa shape index (κ1) is 9.77. The zero-order valence-electron chi connectivity index (χ0n) is 8.17. The summed E-state index contributed by atoms with van der Waals surface area (Å²) in [6.07, 6.45) is 1.17. The standard InChI is InChI=1S/C12H9F2N/c1-8-6-12(15-7-11(8)14)9-2-4-10(13)5-3-9/h2-7H,1H3. The molecule has 76 valence electrons. The van der Waals surface area contributed by atoms with Crippen LogP contribution in [0.5, 0.6) is 0 Å². The molecule has 0 saturated carbocycles. The van der Waals surface area contributed by atoms with Crippen LogP contribution in [0.15, 0.2) is 36.5 Å². The summed E-state index contributed by atoms with van der Waals surface area (Å²) in [4.78, 5) is 3.94. The number of hydrogen-bond acceptors (Lipinski definition) is 1. The molecule has 3 heteroatoms. The third kappa shape index (κ3) is 2.01. The quantitative estimate of drug-likeness (QED) is 0.695. The van der Waals surface area contributed by atoms with Crippen molar-refractivity contribution in [2.24, 2.45) is 0 Å². The van der Waals surface area contributed by atoms with Crippen LogP contribution in [0.3, 0.4) is 0 Å². The molecule has 1 aromatic carbocycles. The molecule has 1 nitrogen and oxygen atoms in total. The highest BCUT2D eigenvalue weighted by atomic mass is 19.1. The Kier molecular flexibility index (Phi) is 2.46. The summed E-state index contributed by atoms with van der Waals surface area (Å²) in [6.45, 7) is 1.67. The molecule has 0 N–H and O–H groups in total. The number of rotatable bonds is 1. The van der Waals surface area contributed by atoms with Gasteiger partial charge in [-0.2, -0.15) is 0 Å². The predicted molar refractivity (Wildman–Crippen MR) is 54.3 cm³/mol. The van der Waals surface area contributed by atoms with Crippen molar-refractivity contribution in [3.8, 4) is 11.3 Å². The Hall–Kier alpha value is -1.77. The highest BCUT2D eigenvalue weighted by Crippen LogP contribution is 2.19. The first-order chi connectivity index (χ1) is 7.16. The number of nitrogens with zero attached hydrogens (tertiary/aromatic N) is 1. The summed E-state index contributed by atoms with van der Waals surface area (Å²) < 4.78 is 25.6. The van der Waals surface area contributed by atoms with Crippen LogP contribution in [0.2, 0.25) is 0 Å². The molecule has 0 aliphatic heterocycles. The van der Waals surface area contributed by atoms with Gasteiger partial charge in [-0.25, -0.2) is 8.78 Å². The largest absolute Gasteiger partial charge is 0.253 e. The summed E-state index contributed by atoms with van der Waals surface area (Å²) >= 11 is 0. The van der Waals surface area contributed by atoms with Crippen molar-refractivity contribution in [3.63, 3.8) is 0 Å². The molecule has 2 aromatic rings. The molecule has 15 heavy (non-hydrogen) atoms. The van der Waals surface area contributed by atoms with Crippen LogP contribution in [0.1, 0.15) is 5.56 Å². The zero-order chi connectivity index (χ0) is 10.8. The van der Waals surface area contributed by atoms with E-state index in [0.717, 1.165) is 5.56 Å². The van der Waals surface area contributed by atoms with Crippen molar-refractivity contribution in [1.82, 2.24) is 4.98 Å². The van der Waals surface area contributed by atoms with Gasteiger partial charge in [-0.05, 0) is 42.8 Å². The van der Waals surface area contributed by atoms with Gasteiger partial charge < -0.3 is 0 Å². The van der Waals surface area contributed by atoms with Gasteiger partial charge in [0.25, 0.3) is 0 Å². The molecule has 0 fully saturated rings. The smallest absolute Gasteiger partial charge is 0.144 e. The molecule has 2 rings (SSSR count). The summed E-state index contributed by atoms with van der Waals surface area (Å²) in [5, 5.41) is 0. The molecule has 0 spiro atoms. The van der Waals surface area contributed by atoms with Crippen LogP contribution in [-0.4, -0.2) is 4.98 Å². The van der Waals surface area contributed by atoms with Crippen molar-refractivity contribution in [1.29, 1.82) is 0 Å². The fraction of sp³-hybridized carbons (Fsp3) is 0.0833. The first-order valence-electron chi connectivity index (χ1n) is 4.55. The van der Waals surface area contributed by atoms with Gasteiger partial charge in [-0.15, -0.1) is 0 Å². The molecule has 0 saturated heterocycles. The average Bonchev–Trinajstić information content (AvgIpc) is 2.23. The highest BCUT2D eigenvalue weighted by Gasteiger charge is 2.03. The van der Waals surface area contributed by atoms with Crippen molar-refractivity contribution in [2.75, 3.05) is 0 Å². The molecule has 0 unspecified atom stereocenters. The van der Waals surface area contributed by atoms with Gasteiger partial charge in [-0.3, -0.25) is 4.98 Å². The van der Waals surface area contributed by atoms with Gasteiger partial charge >= 0.3 is 0 Å². The van der Waals surface area contributed by atoms with Gasteiger partial charge in [0.05, 0.1) is 11.9 Å². The lowest BCUT2D eigenvalue weighted by atomic mass is 10.1. The topological polar surface area (TPSA) is 12.9 Å². The molecule has 0 radical (unpaired) electrons. The van der Waals surface area contributed by atoms with Crippen molar-refractivity contribution in [3.05, 3.63) is 53.7 Å². The van der Waals surface area contributed by atoms with Crippen molar-refractivity contribution < 1.29 is 8.78 Å². The van der Waals surface area contributed by atoms with Gasteiger partial charge in [-0.1, -0.05) is 0 Å². The van der Waals surface area contributed by atoms with E-state index in [4.69, 9.17) is 0 Å². The second-order valence-electron chi connectivity index (χ2n) is 3.33. The Morgan fingerprint density at radius 2 is 1.73 bits per heavy atom. The lowest BCUT2D eigenvalue weighted by molar-refractivity contribution is 0.612. The van der Waals surface area contributed by atoms with Crippen LogP contribution in [0.4, 0.5) is 8.78 Å². The van der Waals surface area contributed by atoms with Gasteiger partial charge in [0.1, 0.15) is 11.6 Å². The van der Waals surface area contributed by atoms with E-state index < -0.39 is 0 Å². The van der Waals surface area contributed by atoms with Crippen molar-refractivity contribution in [2.45, 2.75) is 6.92 Å². The Morgan fingerprint density at radius 3 is 2.33 bits per heavy atom. The number of hydrogen-bond donors (Lipinski definition) is 0. The molecule has 0 bridgehead atoms.